The van der Waals surface area contributed by atoms with Crippen LogP contribution in [0.3, 0.4) is 0 Å². The lowest BCUT2D eigenvalue weighted by atomic mass is 10.2. The number of rotatable bonds is 7. The first-order valence-corrected chi connectivity index (χ1v) is 9.53. The van der Waals surface area contributed by atoms with E-state index in [1.54, 1.807) is 11.3 Å². The van der Waals surface area contributed by atoms with Crippen molar-refractivity contribution < 1.29 is 0 Å². The van der Waals surface area contributed by atoms with Gasteiger partial charge in [-0.05, 0) is 19.4 Å². The quantitative estimate of drug-likeness (QED) is 0.497. The number of aromatic nitrogens is 3. The Morgan fingerprint density at radius 2 is 2.00 bits per heavy atom. The molecule has 3 aromatic rings. The fourth-order valence-electron chi connectivity index (χ4n) is 2.50. The molecule has 0 spiro atoms. The minimum absolute atomic E-state index is 0.584. The molecule has 1 aromatic carbocycles. The average molecular weight is 369 g/mol. The van der Waals surface area contributed by atoms with Crippen LogP contribution in [-0.2, 0) is 19.6 Å². The van der Waals surface area contributed by atoms with E-state index in [9.17, 15) is 0 Å². The first-order chi connectivity index (χ1) is 12.7. The van der Waals surface area contributed by atoms with Crippen LogP contribution in [-0.4, -0.2) is 27.3 Å². The number of hydrogen-bond donors (Lipinski definition) is 2. The van der Waals surface area contributed by atoms with Crippen molar-refractivity contribution >= 4 is 17.3 Å². The van der Waals surface area contributed by atoms with Crippen molar-refractivity contribution in [3.63, 3.8) is 0 Å². The summed E-state index contributed by atoms with van der Waals surface area (Å²) < 4.78 is 1.94. The van der Waals surface area contributed by atoms with Gasteiger partial charge < -0.3 is 10.6 Å². The van der Waals surface area contributed by atoms with Crippen molar-refractivity contribution in [3.05, 3.63) is 69.9 Å². The molecule has 0 saturated carbocycles. The van der Waals surface area contributed by atoms with E-state index in [2.05, 4.69) is 51.7 Å². The van der Waals surface area contributed by atoms with E-state index in [0.717, 1.165) is 29.6 Å². The summed E-state index contributed by atoms with van der Waals surface area (Å²) in [6.07, 6.45) is 5.82. The Balaban J connectivity index is 1.57. The molecule has 6 nitrogen and oxygen atoms in total. The molecule has 3 rings (SSSR count). The monoisotopic (exact) mass is 368 g/mol. The summed E-state index contributed by atoms with van der Waals surface area (Å²) in [5.41, 5.74) is 2.32. The van der Waals surface area contributed by atoms with Gasteiger partial charge in [0.1, 0.15) is 5.01 Å². The predicted octanol–water partition coefficient (Wildman–Crippen LogP) is 2.95. The highest BCUT2D eigenvalue weighted by molar-refractivity contribution is 7.11. The molecule has 26 heavy (non-hydrogen) atoms. The molecule has 7 heteroatoms. The number of thiazole rings is 1. The average Bonchev–Trinajstić information content (AvgIpc) is 3.27. The molecule has 136 valence electrons. The smallest absolute Gasteiger partial charge is 0.191 e. The van der Waals surface area contributed by atoms with Gasteiger partial charge in [-0.2, -0.15) is 5.10 Å². The molecule has 2 N–H and O–H groups in total. The van der Waals surface area contributed by atoms with Crippen LogP contribution >= 0.6 is 11.3 Å². The Kier molecular flexibility index (Phi) is 6.38. The summed E-state index contributed by atoms with van der Waals surface area (Å²) in [7, 11) is 0. The van der Waals surface area contributed by atoms with Crippen LogP contribution in [0, 0.1) is 6.92 Å². The first kappa shape index (κ1) is 18.1. The Morgan fingerprint density at radius 1 is 1.15 bits per heavy atom. The maximum Gasteiger partial charge on any atom is 0.191 e. The molecule has 2 heterocycles. The molecule has 0 radical (unpaired) electrons. The van der Waals surface area contributed by atoms with E-state index < -0.39 is 0 Å². The van der Waals surface area contributed by atoms with Crippen LogP contribution in [0.15, 0.2) is 53.9 Å². The molecule has 0 fully saturated rings. The van der Waals surface area contributed by atoms with Crippen LogP contribution in [0.5, 0.6) is 0 Å². The summed E-state index contributed by atoms with van der Waals surface area (Å²) in [4.78, 5) is 10.2. The normalized spacial score (nSPS) is 11.5. The van der Waals surface area contributed by atoms with Gasteiger partial charge in [0.15, 0.2) is 5.96 Å². The van der Waals surface area contributed by atoms with Gasteiger partial charge in [0.25, 0.3) is 0 Å². The Hall–Kier alpha value is -2.67. The number of aliphatic imine (C=N–C) groups is 1. The zero-order valence-corrected chi connectivity index (χ0v) is 16.0. The van der Waals surface area contributed by atoms with Crippen molar-refractivity contribution in [2.45, 2.75) is 33.5 Å². The van der Waals surface area contributed by atoms with Gasteiger partial charge in [-0.1, -0.05) is 30.3 Å². The summed E-state index contributed by atoms with van der Waals surface area (Å²) in [5, 5.41) is 12.1. The molecule has 0 aliphatic rings. The molecule has 0 bridgehead atoms. The third-order valence-electron chi connectivity index (χ3n) is 3.71. The molecule has 0 unspecified atom stereocenters. The van der Waals surface area contributed by atoms with E-state index in [4.69, 9.17) is 0 Å². The molecule has 0 aliphatic heterocycles. The van der Waals surface area contributed by atoms with E-state index in [0.29, 0.717) is 13.1 Å². The Morgan fingerprint density at radius 3 is 2.73 bits per heavy atom. The summed E-state index contributed by atoms with van der Waals surface area (Å²) in [6.45, 7) is 6.97. The lowest BCUT2D eigenvalue weighted by molar-refractivity contribution is 0.686. The van der Waals surface area contributed by atoms with Gasteiger partial charge in [0, 0.05) is 29.4 Å². The van der Waals surface area contributed by atoms with Crippen LogP contribution in [0.1, 0.15) is 27.9 Å². The lowest BCUT2D eigenvalue weighted by Gasteiger charge is -2.09. The van der Waals surface area contributed by atoms with Crippen molar-refractivity contribution in [2.75, 3.05) is 6.54 Å². The number of guanidine groups is 1. The van der Waals surface area contributed by atoms with Crippen LogP contribution in [0.4, 0.5) is 0 Å². The maximum absolute atomic E-state index is 4.64. The van der Waals surface area contributed by atoms with E-state index in [1.165, 1.54) is 10.4 Å². The summed E-state index contributed by atoms with van der Waals surface area (Å²) >= 11 is 1.70. The number of hydrogen-bond acceptors (Lipinski definition) is 4. The Labute approximate surface area is 158 Å². The second-order valence-corrected chi connectivity index (χ2v) is 7.26. The largest absolute Gasteiger partial charge is 0.357 e. The summed E-state index contributed by atoms with van der Waals surface area (Å²) in [6, 6.07) is 10.3. The second kappa shape index (κ2) is 9.15. The third-order valence-corrected chi connectivity index (χ3v) is 4.63. The lowest BCUT2D eigenvalue weighted by Crippen LogP contribution is -2.36. The molecule has 0 saturated heterocycles. The number of benzene rings is 1. The first-order valence-electron chi connectivity index (χ1n) is 8.71. The fourth-order valence-corrected chi connectivity index (χ4v) is 3.23. The highest BCUT2D eigenvalue weighted by Crippen LogP contribution is 2.10. The minimum atomic E-state index is 0.584. The zero-order chi connectivity index (χ0) is 18.2. The highest BCUT2D eigenvalue weighted by Gasteiger charge is 2.03. The zero-order valence-electron chi connectivity index (χ0n) is 15.1. The van der Waals surface area contributed by atoms with Crippen molar-refractivity contribution in [1.29, 1.82) is 0 Å². The second-order valence-electron chi connectivity index (χ2n) is 5.95. The SMILES string of the molecule is CCNC(=NCc1cnn(Cc2ccccc2)c1)NCc1ncc(C)s1. The molecule has 0 amide bonds. The van der Waals surface area contributed by atoms with Crippen LogP contribution in [0.25, 0.3) is 0 Å². The summed E-state index contributed by atoms with van der Waals surface area (Å²) in [5.74, 6) is 0.788. The molecule has 0 aliphatic carbocycles. The number of aryl methyl sites for hydroxylation is 1. The fraction of sp³-hybridized carbons (Fsp3) is 0.316. The third kappa shape index (κ3) is 5.42. The van der Waals surface area contributed by atoms with Crippen LogP contribution in [0.2, 0.25) is 0 Å². The van der Waals surface area contributed by atoms with E-state index in [1.807, 2.05) is 41.5 Å². The van der Waals surface area contributed by atoms with Gasteiger partial charge in [0.05, 0.1) is 25.8 Å². The van der Waals surface area contributed by atoms with Crippen molar-refractivity contribution in [3.8, 4) is 0 Å². The van der Waals surface area contributed by atoms with Gasteiger partial charge >= 0.3 is 0 Å². The number of nitrogens with one attached hydrogen (secondary N) is 2. The topological polar surface area (TPSA) is 67.1 Å². The predicted molar refractivity (Wildman–Crippen MR) is 106 cm³/mol. The van der Waals surface area contributed by atoms with E-state index >= 15 is 0 Å². The standard InChI is InChI=1S/C19H24N6S/c1-3-20-19(23-12-18-21-9-15(2)26-18)22-10-17-11-24-25(14-17)13-16-7-5-4-6-8-16/h4-9,11,14H,3,10,12-13H2,1-2H3,(H2,20,22,23). The van der Waals surface area contributed by atoms with E-state index in [-0.39, 0.29) is 0 Å². The van der Waals surface area contributed by atoms with Gasteiger partial charge in [-0.15, -0.1) is 11.3 Å². The van der Waals surface area contributed by atoms with Gasteiger partial charge in [0.2, 0.25) is 0 Å². The highest BCUT2D eigenvalue weighted by atomic mass is 32.1. The molecular formula is C19H24N6S. The Bertz CT molecular complexity index is 837. The van der Waals surface area contributed by atoms with Crippen LogP contribution < -0.4 is 10.6 Å². The van der Waals surface area contributed by atoms with Crippen molar-refractivity contribution in [2.24, 2.45) is 4.99 Å². The van der Waals surface area contributed by atoms with Gasteiger partial charge in [-0.3, -0.25) is 4.68 Å². The molecule has 0 atom stereocenters. The number of nitrogens with zero attached hydrogens (tertiary/aromatic N) is 4. The molecule has 2 aromatic heterocycles. The van der Waals surface area contributed by atoms with Gasteiger partial charge in [-0.25, -0.2) is 9.98 Å². The maximum atomic E-state index is 4.64. The molecular weight excluding hydrogens is 344 g/mol. The minimum Gasteiger partial charge on any atom is -0.357 e. The van der Waals surface area contributed by atoms with Crippen molar-refractivity contribution in [1.82, 2.24) is 25.4 Å².